The Balaban J connectivity index is 1.87. The summed E-state index contributed by atoms with van der Waals surface area (Å²) in [6, 6.07) is 7.85. The monoisotopic (exact) mass is 321 g/mol. The second kappa shape index (κ2) is 6.59. The van der Waals surface area contributed by atoms with Crippen LogP contribution in [0.25, 0.3) is 11.1 Å². The molecule has 0 aliphatic carbocycles. The maximum Gasteiger partial charge on any atom is 0.219 e. The van der Waals surface area contributed by atoms with E-state index in [9.17, 15) is 10.1 Å². The fraction of sp³-hybridized carbons (Fsp3) is 0.278. The molecule has 3 rings (SSSR count). The van der Waals surface area contributed by atoms with Crippen LogP contribution in [0.4, 0.5) is 5.69 Å². The van der Waals surface area contributed by atoms with Crippen molar-refractivity contribution in [1.29, 1.82) is 5.26 Å². The fourth-order valence-corrected chi connectivity index (χ4v) is 2.79. The van der Waals surface area contributed by atoms with Crippen LogP contribution in [0.1, 0.15) is 18.9 Å². The first-order valence-electron chi connectivity index (χ1n) is 7.81. The van der Waals surface area contributed by atoms with Crippen molar-refractivity contribution in [3.05, 3.63) is 47.9 Å². The molecule has 1 amide bonds. The number of carbonyl (C=O) groups is 1. The predicted octanol–water partition coefficient (Wildman–Crippen LogP) is 2.51. The molecular formula is C18H19N5O. The highest BCUT2D eigenvalue weighted by atomic mass is 16.2. The Kier molecular flexibility index (Phi) is 4.34. The number of amides is 1. The number of nitrogens with zero attached hydrogens (tertiary/aromatic N) is 4. The topological polar surface area (TPSA) is 74.0 Å². The van der Waals surface area contributed by atoms with Crippen molar-refractivity contribution in [2.45, 2.75) is 13.3 Å². The second-order valence-corrected chi connectivity index (χ2v) is 5.90. The first-order chi connectivity index (χ1) is 11.5. The molecule has 0 unspecified atom stereocenters. The maximum absolute atomic E-state index is 11.6. The zero-order chi connectivity index (χ0) is 17.1. The Labute approximate surface area is 141 Å². The van der Waals surface area contributed by atoms with Crippen molar-refractivity contribution in [1.82, 2.24) is 14.7 Å². The quantitative estimate of drug-likeness (QED) is 0.942. The molecule has 0 saturated heterocycles. The molecule has 6 heteroatoms. The average Bonchev–Trinajstić information content (AvgIpc) is 3.01. The van der Waals surface area contributed by atoms with Crippen LogP contribution in [0.15, 0.2) is 42.4 Å². The van der Waals surface area contributed by atoms with E-state index < -0.39 is 0 Å². The van der Waals surface area contributed by atoms with E-state index in [4.69, 9.17) is 0 Å². The molecule has 1 aromatic heterocycles. The van der Waals surface area contributed by atoms with Gasteiger partial charge >= 0.3 is 0 Å². The van der Waals surface area contributed by atoms with Crippen LogP contribution < -0.4 is 5.32 Å². The second-order valence-electron chi connectivity index (χ2n) is 5.90. The summed E-state index contributed by atoms with van der Waals surface area (Å²) < 4.78 is 1.73. The molecule has 0 spiro atoms. The highest BCUT2D eigenvalue weighted by molar-refractivity contribution is 5.74. The smallest absolute Gasteiger partial charge is 0.219 e. The van der Waals surface area contributed by atoms with Crippen LogP contribution in [-0.2, 0) is 11.8 Å². The van der Waals surface area contributed by atoms with Crippen molar-refractivity contribution in [3.63, 3.8) is 0 Å². The summed E-state index contributed by atoms with van der Waals surface area (Å²) in [7, 11) is 1.86. The molecule has 122 valence electrons. The molecule has 1 aliphatic heterocycles. The maximum atomic E-state index is 11.6. The summed E-state index contributed by atoms with van der Waals surface area (Å²) in [4.78, 5) is 13.4. The Morgan fingerprint density at radius 3 is 2.83 bits per heavy atom. The van der Waals surface area contributed by atoms with E-state index in [-0.39, 0.29) is 5.91 Å². The number of hydrogen-bond acceptors (Lipinski definition) is 4. The number of hydrogen-bond donors (Lipinski definition) is 1. The Morgan fingerprint density at radius 2 is 2.17 bits per heavy atom. The molecule has 0 saturated carbocycles. The molecule has 2 heterocycles. The third kappa shape index (κ3) is 3.46. The van der Waals surface area contributed by atoms with Gasteiger partial charge in [0.05, 0.1) is 24.4 Å². The van der Waals surface area contributed by atoms with Gasteiger partial charge in [-0.25, -0.2) is 0 Å². The molecule has 0 fully saturated rings. The number of nitriles is 1. The molecular weight excluding hydrogens is 302 g/mol. The first-order valence-corrected chi connectivity index (χ1v) is 7.81. The van der Waals surface area contributed by atoms with Gasteiger partial charge in [0.15, 0.2) is 0 Å². The molecule has 0 atom stereocenters. The van der Waals surface area contributed by atoms with Crippen LogP contribution in [0, 0.1) is 11.3 Å². The van der Waals surface area contributed by atoms with Gasteiger partial charge in [-0.15, -0.1) is 0 Å². The van der Waals surface area contributed by atoms with Crippen LogP contribution in [0.5, 0.6) is 0 Å². The Morgan fingerprint density at radius 1 is 1.33 bits per heavy atom. The van der Waals surface area contributed by atoms with Gasteiger partial charge in [-0.2, -0.15) is 10.4 Å². The van der Waals surface area contributed by atoms with Gasteiger partial charge in [0, 0.05) is 43.7 Å². The van der Waals surface area contributed by atoms with Crippen LogP contribution in [0.2, 0.25) is 0 Å². The Hall–Kier alpha value is -3.07. The highest BCUT2D eigenvalue weighted by Gasteiger charge is 2.15. The van der Waals surface area contributed by atoms with Gasteiger partial charge in [-0.1, -0.05) is 6.08 Å². The van der Waals surface area contributed by atoms with Crippen LogP contribution in [-0.4, -0.2) is 33.7 Å². The number of benzene rings is 1. The molecule has 1 aliphatic rings. The summed E-state index contributed by atoms with van der Waals surface area (Å²) in [6.07, 6.45) is 6.62. The van der Waals surface area contributed by atoms with Gasteiger partial charge in [-0.3, -0.25) is 9.48 Å². The van der Waals surface area contributed by atoms with Crippen molar-refractivity contribution >= 4 is 11.6 Å². The van der Waals surface area contributed by atoms with Crippen molar-refractivity contribution in [3.8, 4) is 17.2 Å². The predicted molar refractivity (Wildman–Crippen MR) is 91.9 cm³/mol. The minimum Gasteiger partial charge on any atom is -0.358 e. The lowest BCUT2D eigenvalue weighted by Crippen LogP contribution is -2.35. The van der Waals surface area contributed by atoms with E-state index in [1.807, 2.05) is 31.4 Å². The van der Waals surface area contributed by atoms with E-state index in [0.29, 0.717) is 12.1 Å². The third-order valence-electron chi connectivity index (χ3n) is 4.00. The van der Waals surface area contributed by atoms with E-state index >= 15 is 0 Å². The summed E-state index contributed by atoms with van der Waals surface area (Å²) in [5.41, 5.74) is 4.29. The van der Waals surface area contributed by atoms with Gasteiger partial charge in [0.2, 0.25) is 5.91 Å². The van der Waals surface area contributed by atoms with Gasteiger partial charge in [0.1, 0.15) is 0 Å². The number of rotatable bonds is 3. The van der Waals surface area contributed by atoms with Crippen molar-refractivity contribution in [2.24, 2.45) is 7.05 Å². The lowest BCUT2D eigenvalue weighted by Gasteiger charge is -2.27. The third-order valence-corrected chi connectivity index (χ3v) is 4.00. The first kappa shape index (κ1) is 15.8. The standard InChI is InChI=1S/C18H19N5O/c1-13(24)23-5-3-4-17(12-23)21-18-7-14(9-19)6-15(8-18)16-10-20-22(2)11-16/h4,6-8,10-11,21H,3,5,12H2,1-2H3. The molecule has 24 heavy (non-hydrogen) atoms. The summed E-state index contributed by atoms with van der Waals surface area (Å²) in [6.45, 7) is 2.90. The van der Waals surface area contributed by atoms with Gasteiger partial charge in [-0.05, 0) is 30.2 Å². The van der Waals surface area contributed by atoms with Gasteiger partial charge in [0.25, 0.3) is 0 Å². The largest absolute Gasteiger partial charge is 0.358 e. The SMILES string of the molecule is CC(=O)N1CCC=C(Nc2cc(C#N)cc(-c3cnn(C)c3)c2)C1. The molecule has 0 radical (unpaired) electrons. The summed E-state index contributed by atoms with van der Waals surface area (Å²) in [5.74, 6) is 0.0734. The van der Waals surface area contributed by atoms with E-state index in [2.05, 4.69) is 22.6 Å². The van der Waals surface area contributed by atoms with Gasteiger partial charge < -0.3 is 10.2 Å². The summed E-state index contributed by atoms with van der Waals surface area (Å²) in [5, 5.41) is 16.8. The fourth-order valence-electron chi connectivity index (χ4n) is 2.79. The van der Waals surface area contributed by atoms with Crippen LogP contribution in [0.3, 0.4) is 0 Å². The zero-order valence-corrected chi connectivity index (χ0v) is 13.8. The van der Waals surface area contributed by atoms with E-state index in [1.54, 1.807) is 22.7 Å². The lowest BCUT2D eigenvalue weighted by molar-refractivity contribution is -0.128. The van der Waals surface area contributed by atoms with Crippen LogP contribution >= 0.6 is 0 Å². The summed E-state index contributed by atoms with van der Waals surface area (Å²) >= 11 is 0. The van der Waals surface area contributed by atoms with E-state index in [0.717, 1.165) is 35.5 Å². The minimum absolute atomic E-state index is 0.0734. The van der Waals surface area contributed by atoms with Crippen molar-refractivity contribution < 1.29 is 4.79 Å². The molecule has 2 aromatic rings. The average molecular weight is 321 g/mol. The molecule has 0 bridgehead atoms. The highest BCUT2D eigenvalue weighted by Crippen LogP contribution is 2.25. The molecule has 1 N–H and O–H groups in total. The normalized spacial score (nSPS) is 14.0. The number of carbonyl (C=O) groups excluding carboxylic acids is 1. The zero-order valence-electron chi connectivity index (χ0n) is 13.8. The molecule has 1 aromatic carbocycles. The number of aromatic nitrogens is 2. The minimum atomic E-state index is 0.0734. The lowest BCUT2D eigenvalue weighted by atomic mass is 10.0. The Bertz CT molecular complexity index is 843. The van der Waals surface area contributed by atoms with E-state index in [1.165, 1.54) is 0 Å². The number of nitrogens with one attached hydrogen (secondary N) is 1. The number of aryl methyl sites for hydroxylation is 1. The molecule has 6 nitrogen and oxygen atoms in total. The number of anilines is 1. The van der Waals surface area contributed by atoms with Crippen molar-refractivity contribution in [2.75, 3.05) is 18.4 Å².